The molecule has 4 heteroatoms. The van der Waals surface area contributed by atoms with Gasteiger partial charge in [0.1, 0.15) is 5.60 Å². The zero-order chi connectivity index (χ0) is 13.9. The summed E-state index contributed by atoms with van der Waals surface area (Å²) in [6.45, 7) is 2.30. The van der Waals surface area contributed by atoms with E-state index in [4.69, 9.17) is 4.74 Å². The van der Waals surface area contributed by atoms with Crippen LogP contribution >= 0.6 is 0 Å². The van der Waals surface area contributed by atoms with Crippen molar-refractivity contribution in [3.63, 3.8) is 0 Å². The molecule has 0 spiro atoms. The van der Waals surface area contributed by atoms with Gasteiger partial charge in [-0.2, -0.15) is 0 Å². The minimum Gasteiger partial charge on any atom is -0.367 e. The maximum absolute atomic E-state index is 13.6. The van der Waals surface area contributed by atoms with E-state index in [1.807, 2.05) is 6.92 Å². The molecular weight excluding hydrogens is 250 g/mol. The number of carbonyl (C=O) groups excluding carboxylic acids is 1. The number of ketones is 1. The van der Waals surface area contributed by atoms with Crippen molar-refractivity contribution in [1.29, 1.82) is 0 Å². The van der Waals surface area contributed by atoms with Crippen LogP contribution in [0.25, 0.3) is 0 Å². The summed E-state index contributed by atoms with van der Waals surface area (Å²) in [6, 6.07) is 3.92. The third kappa shape index (κ3) is 2.84. The van der Waals surface area contributed by atoms with Crippen molar-refractivity contribution >= 4 is 5.78 Å². The van der Waals surface area contributed by atoms with Crippen molar-refractivity contribution < 1.29 is 18.3 Å². The van der Waals surface area contributed by atoms with Gasteiger partial charge in [0.15, 0.2) is 17.4 Å². The molecule has 1 saturated carbocycles. The number of Topliss-reactive ketones (excluding diaryl/α,β-unsaturated/α-hetero) is 1. The summed E-state index contributed by atoms with van der Waals surface area (Å²) in [4.78, 5) is 12.4. The lowest BCUT2D eigenvalue weighted by Gasteiger charge is -2.27. The van der Waals surface area contributed by atoms with Gasteiger partial charge in [-0.25, -0.2) is 8.78 Å². The normalized spacial score (nSPS) is 17.6. The Balaban J connectivity index is 2.17. The van der Waals surface area contributed by atoms with Crippen LogP contribution < -0.4 is 0 Å². The van der Waals surface area contributed by atoms with Gasteiger partial charge in [-0.15, -0.1) is 0 Å². The number of hydrogen-bond donors (Lipinski definition) is 0. The van der Waals surface area contributed by atoms with Gasteiger partial charge in [0.25, 0.3) is 0 Å². The molecule has 1 aliphatic rings. The van der Waals surface area contributed by atoms with Crippen LogP contribution in [0.1, 0.15) is 38.2 Å². The van der Waals surface area contributed by atoms with Crippen molar-refractivity contribution in [1.82, 2.24) is 0 Å². The number of rotatable bonds is 5. The van der Waals surface area contributed by atoms with E-state index in [1.54, 1.807) is 0 Å². The van der Waals surface area contributed by atoms with Crippen LogP contribution in [-0.2, 0) is 16.0 Å². The average Bonchev–Trinajstić information content (AvgIpc) is 2.85. The fourth-order valence-electron chi connectivity index (χ4n) is 2.75. The zero-order valence-electron chi connectivity index (χ0n) is 11.0. The van der Waals surface area contributed by atoms with E-state index in [-0.39, 0.29) is 17.8 Å². The Kier molecular flexibility index (Phi) is 4.30. The molecule has 1 fully saturated rings. The lowest BCUT2D eigenvalue weighted by Crippen LogP contribution is -2.40. The zero-order valence-corrected chi connectivity index (χ0v) is 11.0. The lowest BCUT2D eigenvalue weighted by atomic mass is 9.91. The van der Waals surface area contributed by atoms with Gasteiger partial charge < -0.3 is 4.74 Å². The standard InChI is InChI=1S/C15H18F2O2/c1-2-19-15(8-3-4-9-15)13(18)10-11-6-5-7-12(16)14(11)17/h5-7H,2-4,8-10H2,1H3. The van der Waals surface area contributed by atoms with Crippen LogP contribution in [0.5, 0.6) is 0 Å². The molecule has 2 nitrogen and oxygen atoms in total. The second-order valence-electron chi connectivity index (χ2n) is 4.95. The van der Waals surface area contributed by atoms with E-state index in [0.29, 0.717) is 19.4 Å². The van der Waals surface area contributed by atoms with Gasteiger partial charge in [-0.05, 0) is 44.2 Å². The molecule has 1 aliphatic carbocycles. The van der Waals surface area contributed by atoms with Gasteiger partial charge in [0, 0.05) is 13.0 Å². The Morgan fingerprint density at radius 1 is 1.32 bits per heavy atom. The van der Waals surface area contributed by atoms with Crippen LogP contribution in [0.15, 0.2) is 18.2 Å². The molecule has 0 radical (unpaired) electrons. The van der Waals surface area contributed by atoms with Crippen molar-refractivity contribution in [2.45, 2.75) is 44.6 Å². The molecule has 0 atom stereocenters. The first-order valence-electron chi connectivity index (χ1n) is 6.69. The second kappa shape index (κ2) is 5.78. The SMILES string of the molecule is CCOC1(C(=O)Cc2cccc(F)c2F)CCCC1. The minimum atomic E-state index is -0.930. The first-order chi connectivity index (χ1) is 9.09. The molecule has 0 aliphatic heterocycles. The number of ether oxygens (including phenoxy) is 1. The molecule has 104 valence electrons. The summed E-state index contributed by atoms with van der Waals surface area (Å²) in [5.41, 5.74) is -0.677. The summed E-state index contributed by atoms with van der Waals surface area (Å²) in [5, 5.41) is 0. The van der Waals surface area contributed by atoms with Gasteiger partial charge in [0.05, 0.1) is 0 Å². The third-order valence-electron chi connectivity index (χ3n) is 3.72. The number of halogens is 2. The van der Waals surface area contributed by atoms with E-state index in [9.17, 15) is 13.6 Å². The summed E-state index contributed by atoms with van der Waals surface area (Å²) in [6.07, 6.45) is 3.13. The third-order valence-corrected chi connectivity index (χ3v) is 3.72. The van der Waals surface area contributed by atoms with Crippen LogP contribution in [0.2, 0.25) is 0 Å². The molecule has 2 rings (SSSR count). The Hall–Kier alpha value is -1.29. The Labute approximate surface area is 111 Å². The summed E-state index contributed by atoms with van der Waals surface area (Å²) < 4.78 is 32.4. The fourth-order valence-corrected chi connectivity index (χ4v) is 2.75. The molecule has 0 unspecified atom stereocenters. The van der Waals surface area contributed by atoms with Crippen molar-refractivity contribution in [3.05, 3.63) is 35.4 Å². The smallest absolute Gasteiger partial charge is 0.169 e. The van der Waals surface area contributed by atoms with E-state index >= 15 is 0 Å². The highest BCUT2D eigenvalue weighted by atomic mass is 19.2. The minimum absolute atomic E-state index is 0.107. The van der Waals surface area contributed by atoms with E-state index in [2.05, 4.69) is 0 Å². The van der Waals surface area contributed by atoms with Gasteiger partial charge >= 0.3 is 0 Å². The molecule has 0 amide bonds. The van der Waals surface area contributed by atoms with E-state index < -0.39 is 17.2 Å². The molecule has 0 heterocycles. The van der Waals surface area contributed by atoms with Crippen LogP contribution in [0.3, 0.4) is 0 Å². The first-order valence-corrected chi connectivity index (χ1v) is 6.69. The summed E-state index contributed by atoms with van der Waals surface area (Å²) in [7, 11) is 0. The summed E-state index contributed by atoms with van der Waals surface area (Å²) in [5.74, 6) is -1.99. The number of carbonyl (C=O) groups is 1. The van der Waals surface area contributed by atoms with Crippen LogP contribution in [-0.4, -0.2) is 18.0 Å². The Bertz CT molecular complexity index is 465. The summed E-state index contributed by atoms with van der Waals surface area (Å²) >= 11 is 0. The van der Waals surface area contributed by atoms with Gasteiger partial charge in [-0.1, -0.05) is 12.1 Å². The predicted molar refractivity (Wildman–Crippen MR) is 67.9 cm³/mol. The molecule has 1 aromatic carbocycles. The largest absolute Gasteiger partial charge is 0.367 e. The van der Waals surface area contributed by atoms with Crippen molar-refractivity contribution in [2.75, 3.05) is 6.61 Å². The van der Waals surface area contributed by atoms with Gasteiger partial charge in [0.2, 0.25) is 0 Å². The average molecular weight is 268 g/mol. The molecule has 0 N–H and O–H groups in total. The van der Waals surface area contributed by atoms with Gasteiger partial charge in [-0.3, -0.25) is 4.79 Å². The highest BCUT2D eigenvalue weighted by Crippen LogP contribution is 2.35. The maximum atomic E-state index is 13.6. The topological polar surface area (TPSA) is 26.3 Å². The van der Waals surface area contributed by atoms with Crippen molar-refractivity contribution in [3.8, 4) is 0 Å². The monoisotopic (exact) mass is 268 g/mol. The highest BCUT2D eigenvalue weighted by molar-refractivity contribution is 5.89. The molecule has 1 aromatic rings. The highest BCUT2D eigenvalue weighted by Gasteiger charge is 2.41. The first kappa shape index (κ1) is 14.1. The Morgan fingerprint density at radius 2 is 2.00 bits per heavy atom. The lowest BCUT2D eigenvalue weighted by molar-refractivity contribution is -0.142. The second-order valence-corrected chi connectivity index (χ2v) is 4.95. The van der Waals surface area contributed by atoms with Crippen molar-refractivity contribution in [2.24, 2.45) is 0 Å². The molecule has 0 saturated heterocycles. The molecule has 0 bridgehead atoms. The number of hydrogen-bond acceptors (Lipinski definition) is 2. The van der Waals surface area contributed by atoms with E-state index in [0.717, 1.165) is 18.9 Å². The molecular formula is C15H18F2O2. The van der Waals surface area contributed by atoms with Crippen LogP contribution in [0, 0.1) is 11.6 Å². The maximum Gasteiger partial charge on any atom is 0.169 e. The van der Waals surface area contributed by atoms with Crippen LogP contribution in [0.4, 0.5) is 8.78 Å². The quantitative estimate of drug-likeness (QED) is 0.818. The number of benzene rings is 1. The Morgan fingerprint density at radius 3 is 2.63 bits per heavy atom. The van der Waals surface area contributed by atoms with E-state index in [1.165, 1.54) is 12.1 Å². The molecule has 19 heavy (non-hydrogen) atoms. The predicted octanol–water partition coefficient (Wildman–Crippen LogP) is 3.43. The molecule has 0 aromatic heterocycles. The fraction of sp³-hybridized carbons (Fsp3) is 0.533.